The van der Waals surface area contributed by atoms with Gasteiger partial charge in [-0.1, -0.05) is 60.7 Å². The number of aromatic nitrogens is 1. The maximum atomic E-state index is 13.9. The van der Waals surface area contributed by atoms with Crippen LogP contribution in [0.15, 0.2) is 103 Å². The number of amides is 7. The van der Waals surface area contributed by atoms with Crippen molar-refractivity contribution in [3.05, 3.63) is 130 Å². The summed E-state index contributed by atoms with van der Waals surface area (Å²) in [6.07, 6.45) is 1.97. The highest BCUT2D eigenvalue weighted by molar-refractivity contribution is 7.13. The number of nitrogens with zero attached hydrogens (tertiary/aromatic N) is 5. The predicted octanol–water partition coefficient (Wildman–Crippen LogP) is 4.69. The molecule has 338 valence electrons. The first-order chi connectivity index (χ1) is 32.1. The summed E-state index contributed by atoms with van der Waals surface area (Å²) >= 11 is 1.32. The van der Waals surface area contributed by atoms with Crippen LogP contribution >= 0.6 is 11.3 Å². The van der Waals surface area contributed by atoms with Gasteiger partial charge in [0.25, 0.3) is 23.6 Å². The van der Waals surface area contributed by atoms with Gasteiger partial charge >= 0.3 is 0 Å². The molecule has 2 atom stereocenters. The molecule has 2 saturated heterocycles. The number of piperazine rings is 1. The molecular weight excluding hydrogens is 865 g/mol. The summed E-state index contributed by atoms with van der Waals surface area (Å²) in [5.74, 6) is -2.82. The molecule has 0 radical (unpaired) electrons. The van der Waals surface area contributed by atoms with Crippen LogP contribution in [-0.4, -0.2) is 120 Å². The molecule has 7 amide bonds. The molecule has 0 bridgehead atoms. The molecule has 4 aliphatic heterocycles. The number of piperidine rings is 1. The number of nitrogens with one attached hydrogen (secondary N) is 3. The van der Waals surface area contributed by atoms with Gasteiger partial charge in [-0.15, -0.1) is 11.3 Å². The van der Waals surface area contributed by atoms with E-state index in [0.717, 1.165) is 27.3 Å². The minimum atomic E-state index is -1.05. The van der Waals surface area contributed by atoms with Gasteiger partial charge in [0.05, 0.1) is 37.4 Å². The monoisotopic (exact) mass is 910 g/mol. The second-order valence-corrected chi connectivity index (χ2v) is 17.0. The van der Waals surface area contributed by atoms with Gasteiger partial charge in [-0.25, -0.2) is 4.98 Å². The first-order valence-electron chi connectivity index (χ1n) is 21.7. The predicted molar refractivity (Wildman–Crippen MR) is 243 cm³/mol. The Hall–Kier alpha value is -7.28. The summed E-state index contributed by atoms with van der Waals surface area (Å²) in [7, 11) is 0. The van der Waals surface area contributed by atoms with Gasteiger partial charge in [-0.3, -0.25) is 49.1 Å². The third kappa shape index (κ3) is 9.15. The number of fused-ring (bicyclic) bond motifs is 2. The molecule has 9 rings (SSSR count). The quantitative estimate of drug-likeness (QED) is 0.0703. The van der Waals surface area contributed by atoms with Crippen LogP contribution in [-0.2, 0) is 35.2 Å². The second-order valence-electron chi connectivity index (χ2n) is 16.1. The van der Waals surface area contributed by atoms with Crippen LogP contribution in [0.4, 0.5) is 16.5 Å². The number of ether oxygens (including phenoxy) is 2. The first kappa shape index (κ1) is 43.9. The lowest BCUT2D eigenvalue weighted by molar-refractivity contribution is -0.136. The molecule has 4 aromatic carbocycles. The summed E-state index contributed by atoms with van der Waals surface area (Å²) in [4.78, 5) is 102. The van der Waals surface area contributed by atoms with Gasteiger partial charge in [0.1, 0.15) is 18.8 Å². The summed E-state index contributed by atoms with van der Waals surface area (Å²) in [6.45, 7) is 3.53. The standard InChI is InChI=1S/C48H46N8O9S/c57-39-16-15-38(43(59)51-39)56-46(62)35-7-4-8-37(41(35)47(56)63)50-29-65-25-24-64-23-17-40(58)54-21-19-53(20-22-54)34-13-11-30(12-14-34)32-9-10-33-28-55(45(61)36(33)27-32)42(31-5-2-1-3-6-31)44(60)52-48-49-18-26-66-48/h1-14,18,26-27,38,42,50H,15-17,19-25,28-29H2,(H,49,52,60)(H,51,57,59). The third-order valence-corrected chi connectivity index (χ3v) is 12.8. The SMILES string of the molecule is O=C1CCC(N2C(=O)c3cccc(NCOCCOCCC(=O)N4CCN(c5ccc(-c6ccc7c(c6)C(=O)N(C(C(=O)Nc6nccs6)c6ccccc6)C7)cc5)CC4)c3C2=O)C(=O)N1. The lowest BCUT2D eigenvalue weighted by atomic mass is 10.00. The van der Waals surface area contributed by atoms with Crippen molar-refractivity contribution in [2.75, 3.05) is 68.3 Å². The zero-order valence-corrected chi connectivity index (χ0v) is 36.6. The van der Waals surface area contributed by atoms with E-state index in [9.17, 15) is 33.6 Å². The lowest BCUT2D eigenvalue weighted by Gasteiger charge is -2.36. The average molecular weight is 911 g/mol. The van der Waals surface area contributed by atoms with Gasteiger partial charge in [0, 0.05) is 67.7 Å². The number of anilines is 3. The topological polar surface area (TPSA) is 200 Å². The fraction of sp³-hybridized carbons (Fsp3) is 0.292. The van der Waals surface area contributed by atoms with Crippen molar-refractivity contribution < 1.29 is 43.0 Å². The highest BCUT2D eigenvalue weighted by atomic mass is 32.1. The van der Waals surface area contributed by atoms with Crippen LogP contribution in [0.5, 0.6) is 0 Å². The summed E-state index contributed by atoms with van der Waals surface area (Å²) in [6, 6.07) is 26.3. The van der Waals surface area contributed by atoms with Crippen molar-refractivity contribution in [1.82, 2.24) is 25.0 Å². The summed E-state index contributed by atoms with van der Waals surface area (Å²) < 4.78 is 11.3. The van der Waals surface area contributed by atoms with Gasteiger partial charge < -0.3 is 29.5 Å². The number of hydrogen-bond donors (Lipinski definition) is 3. The Balaban J connectivity index is 0.698. The Kier molecular flexibility index (Phi) is 12.9. The highest BCUT2D eigenvalue weighted by Gasteiger charge is 2.45. The molecule has 0 aliphatic carbocycles. The maximum absolute atomic E-state index is 13.9. The second kappa shape index (κ2) is 19.4. The molecule has 4 aliphatic rings. The zero-order chi connectivity index (χ0) is 45.7. The first-order valence-corrected chi connectivity index (χ1v) is 22.6. The minimum Gasteiger partial charge on any atom is -0.379 e. The van der Waals surface area contributed by atoms with Crippen molar-refractivity contribution in [3.63, 3.8) is 0 Å². The number of carbonyl (C=O) groups excluding carboxylic acids is 7. The van der Waals surface area contributed by atoms with Crippen LogP contribution < -0.4 is 20.9 Å². The third-order valence-electron chi connectivity index (χ3n) is 12.1. The number of benzene rings is 4. The van der Waals surface area contributed by atoms with Gasteiger partial charge in [-0.05, 0) is 59.0 Å². The van der Waals surface area contributed by atoms with Gasteiger partial charge in [0.15, 0.2) is 5.13 Å². The largest absolute Gasteiger partial charge is 0.379 e. The Morgan fingerprint density at radius 3 is 2.33 bits per heavy atom. The van der Waals surface area contributed by atoms with E-state index in [-0.39, 0.29) is 74.7 Å². The molecular formula is C48H46N8O9S. The van der Waals surface area contributed by atoms with Crippen molar-refractivity contribution in [2.45, 2.75) is 37.9 Å². The highest BCUT2D eigenvalue weighted by Crippen LogP contribution is 2.36. The zero-order valence-electron chi connectivity index (χ0n) is 35.8. The fourth-order valence-corrected chi connectivity index (χ4v) is 9.29. The van der Waals surface area contributed by atoms with Crippen molar-refractivity contribution >= 4 is 69.2 Å². The molecule has 0 spiro atoms. The number of rotatable bonds is 16. The van der Waals surface area contributed by atoms with E-state index in [1.165, 1.54) is 17.4 Å². The molecule has 5 heterocycles. The Morgan fingerprint density at radius 1 is 0.803 bits per heavy atom. The molecule has 17 nitrogen and oxygen atoms in total. The minimum absolute atomic E-state index is 0.0102. The summed E-state index contributed by atoms with van der Waals surface area (Å²) in [5, 5.41) is 10.3. The van der Waals surface area contributed by atoms with Crippen molar-refractivity contribution in [3.8, 4) is 11.1 Å². The van der Waals surface area contributed by atoms with Gasteiger partial charge in [0.2, 0.25) is 17.7 Å². The van der Waals surface area contributed by atoms with Crippen LogP contribution in [0.25, 0.3) is 11.1 Å². The molecule has 2 unspecified atom stereocenters. The molecule has 0 saturated carbocycles. The van der Waals surface area contributed by atoms with E-state index < -0.39 is 35.7 Å². The number of thiazole rings is 1. The van der Waals surface area contributed by atoms with Crippen LogP contribution in [0.1, 0.15) is 67.5 Å². The van der Waals surface area contributed by atoms with Crippen LogP contribution in [0.3, 0.4) is 0 Å². The van der Waals surface area contributed by atoms with Crippen LogP contribution in [0, 0.1) is 0 Å². The molecule has 5 aromatic rings. The van der Waals surface area contributed by atoms with E-state index in [2.05, 4.69) is 38.0 Å². The van der Waals surface area contributed by atoms with E-state index in [1.54, 1.807) is 28.6 Å². The Labute approximate surface area is 383 Å². The molecule has 18 heteroatoms. The van der Waals surface area contributed by atoms with Gasteiger partial charge in [-0.2, -0.15) is 0 Å². The van der Waals surface area contributed by atoms with E-state index in [1.807, 2.05) is 65.6 Å². The number of carbonyl (C=O) groups is 7. The smallest absolute Gasteiger partial charge is 0.264 e. The summed E-state index contributed by atoms with van der Waals surface area (Å²) in [5.41, 5.74) is 5.74. The average Bonchev–Trinajstić information content (AvgIpc) is 4.04. The molecule has 66 heavy (non-hydrogen) atoms. The normalized spacial score (nSPS) is 17.5. The van der Waals surface area contributed by atoms with Crippen molar-refractivity contribution in [2.24, 2.45) is 0 Å². The Bertz CT molecular complexity index is 2670. The van der Waals surface area contributed by atoms with E-state index >= 15 is 0 Å². The Morgan fingerprint density at radius 2 is 1.58 bits per heavy atom. The maximum Gasteiger partial charge on any atom is 0.264 e. The number of imide groups is 2. The molecule has 1 aromatic heterocycles. The molecule has 3 N–H and O–H groups in total. The van der Waals surface area contributed by atoms with E-state index in [4.69, 9.17) is 9.47 Å². The number of hydrogen-bond acceptors (Lipinski definition) is 13. The fourth-order valence-electron chi connectivity index (χ4n) is 8.76. The van der Waals surface area contributed by atoms with Crippen LogP contribution in [0.2, 0.25) is 0 Å². The van der Waals surface area contributed by atoms with E-state index in [0.29, 0.717) is 54.7 Å². The lowest BCUT2D eigenvalue weighted by Crippen LogP contribution is -2.54. The molecule has 2 fully saturated rings. The van der Waals surface area contributed by atoms with Crippen molar-refractivity contribution in [1.29, 1.82) is 0 Å².